The van der Waals surface area contributed by atoms with Crippen LogP contribution in [0.1, 0.15) is 44.6 Å². The van der Waals surface area contributed by atoms with Crippen molar-refractivity contribution in [2.45, 2.75) is 45.1 Å². The molecule has 1 saturated heterocycles. The molecule has 1 heterocycles. The number of benzene rings is 1. The molecule has 0 amide bonds. The zero-order valence-corrected chi connectivity index (χ0v) is 13.7. The topological polar surface area (TPSA) is 50.9 Å². The zero-order chi connectivity index (χ0) is 15.5. The third-order valence-corrected chi connectivity index (χ3v) is 4.78. The van der Waals surface area contributed by atoms with E-state index < -0.39 is 0 Å². The Kier molecular flexibility index (Phi) is 4.55. The molecular weight excluding hydrogens is 274 g/mol. The van der Waals surface area contributed by atoms with Gasteiger partial charge >= 0.3 is 0 Å². The molecule has 1 aromatic carbocycles. The number of aliphatic imine (C=N–C) groups is 1. The number of ether oxygens (including phenoxy) is 1. The summed E-state index contributed by atoms with van der Waals surface area (Å²) in [6.45, 7) is 7.13. The number of hydrogen-bond donors (Lipinski definition) is 1. The number of rotatable bonds is 4. The molecule has 0 bridgehead atoms. The molecule has 4 heteroatoms. The molecule has 1 aliphatic heterocycles. The van der Waals surface area contributed by atoms with Crippen LogP contribution in [0.3, 0.4) is 0 Å². The second-order valence-corrected chi connectivity index (χ2v) is 6.57. The van der Waals surface area contributed by atoms with Crippen LogP contribution in [0.4, 0.5) is 0 Å². The second-order valence-electron chi connectivity index (χ2n) is 6.57. The maximum Gasteiger partial charge on any atom is 0.191 e. The third kappa shape index (κ3) is 3.54. The minimum absolute atomic E-state index is 0.359. The lowest BCUT2D eigenvalue weighted by Gasteiger charge is -2.31. The van der Waals surface area contributed by atoms with Crippen LogP contribution in [-0.2, 0) is 0 Å². The molecule has 2 fully saturated rings. The lowest BCUT2D eigenvalue weighted by Crippen LogP contribution is -2.42. The highest BCUT2D eigenvalue weighted by Gasteiger charge is 2.39. The average Bonchev–Trinajstić information content (AvgIpc) is 3.28. The molecule has 1 saturated carbocycles. The normalized spacial score (nSPS) is 26.1. The fourth-order valence-corrected chi connectivity index (χ4v) is 3.15. The molecule has 22 heavy (non-hydrogen) atoms. The van der Waals surface area contributed by atoms with E-state index in [1.807, 2.05) is 19.1 Å². The Hall–Kier alpha value is -1.71. The van der Waals surface area contributed by atoms with Gasteiger partial charge in [-0.15, -0.1) is 0 Å². The first-order valence-electron chi connectivity index (χ1n) is 8.48. The largest absolute Gasteiger partial charge is 0.494 e. The summed E-state index contributed by atoms with van der Waals surface area (Å²) in [6, 6.07) is 8.77. The van der Waals surface area contributed by atoms with Gasteiger partial charge in [0, 0.05) is 19.0 Å². The molecule has 0 radical (unpaired) electrons. The Morgan fingerprint density at radius 3 is 2.59 bits per heavy atom. The predicted octanol–water partition coefficient (Wildman–Crippen LogP) is 2.99. The standard InChI is InChI=1S/C18H27N3O/c1-3-22-15-6-4-14(5-7-15)16-12-17(16)20-18(19)21-10-8-13(2)9-11-21/h4-7,13,16-17H,3,8-12H2,1-2H3,(H2,19,20)/t16-,17+/m0/s1. The smallest absolute Gasteiger partial charge is 0.191 e. The summed E-state index contributed by atoms with van der Waals surface area (Å²) in [5.74, 6) is 3.03. The summed E-state index contributed by atoms with van der Waals surface area (Å²) in [4.78, 5) is 6.99. The van der Waals surface area contributed by atoms with Crippen molar-refractivity contribution < 1.29 is 4.74 Å². The first-order valence-corrected chi connectivity index (χ1v) is 8.48. The monoisotopic (exact) mass is 301 g/mol. The van der Waals surface area contributed by atoms with Crippen LogP contribution in [-0.4, -0.2) is 36.6 Å². The summed E-state index contributed by atoms with van der Waals surface area (Å²) >= 11 is 0. The number of hydrogen-bond acceptors (Lipinski definition) is 2. The molecule has 4 nitrogen and oxygen atoms in total. The molecule has 120 valence electrons. The van der Waals surface area contributed by atoms with Crippen LogP contribution in [0.5, 0.6) is 5.75 Å². The van der Waals surface area contributed by atoms with E-state index in [2.05, 4.69) is 24.0 Å². The molecule has 0 aromatic heterocycles. The van der Waals surface area contributed by atoms with Gasteiger partial charge in [-0.2, -0.15) is 0 Å². The fourth-order valence-electron chi connectivity index (χ4n) is 3.15. The molecule has 2 atom stereocenters. The Bertz CT molecular complexity index is 518. The van der Waals surface area contributed by atoms with E-state index in [0.29, 0.717) is 18.6 Å². The van der Waals surface area contributed by atoms with Crippen molar-refractivity contribution in [3.05, 3.63) is 29.8 Å². The van der Waals surface area contributed by atoms with Gasteiger partial charge in [0.2, 0.25) is 0 Å². The third-order valence-electron chi connectivity index (χ3n) is 4.78. The van der Waals surface area contributed by atoms with Crippen molar-refractivity contribution in [2.75, 3.05) is 19.7 Å². The molecule has 0 spiro atoms. The van der Waals surface area contributed by atoms with E-state index >= 15 is 0 Å². The van der Waals surface area contributed by atoms with Gasteiger partial charge in [0.05, 0.1) is 12.6 Å². The van der Waals surface area contributed by atoms with Gasteiger partial charge in [-0.05, 0) is 49.8 Å². The van der Waals surface area contributed by atoms with Crippen molar-refractivity contribution >= 4 is 5.96 Å². The van der Waals surface area contributed by atoms with Gasteiger partial charge < -0.3 is 15.4 Å². The Labute approximate surface area is 133 Å². The van der Waals surface area contributed by atoms with Crippen molar-refractivity contribution in [3.8, 4) is 5.75 Å². The highest BCUT2D eigenvalue weighted by Crippen LogP contribution is 2.44. The van der Waals surface area contributed by atoms with E-state index in [1.165, 1.54) is 18.4 Å². The summed E-state index contributed by atoms with van der Waals surface area (Å²) in [5.41, 5.74) is 7.54. The van der Waals surface area contributed by atoms with Gasteiger partial charge in [0.1, 0.15) is 5.75 Å². The van der Waals surface area contributed by atoms with Crippen molar-refractivity contribution in [1.82, 2.24) is 4.90 Å². The van der Waals surface area contributed by atoms with Gasteiger partial charge in [0.25, 0.3) is 0 Å². The quantitative estimate of drug-likeness (QED) is 0.687. The second kappa shape index (κ2) is 6.59. The van der Waals surface area contributed by atoms with Gasteiger partial charge in [0.15, 0.2) is 5.96 Å². The summed E-state index contributed by atoms with van der Waals surface area (Å²) < 4.78 is 5.49. The predicted molar refractivity (Wildman–Crippen MR) is 90.4 cm³/mol. The number of piperidine rings is 1. The molecule has 1 aliphatic carbocycles. The number of guanidine groups is 1. The van der Waals surface area contributed by atoms with Crippen molar-refractivity contribution in [1.29, 1.82) is 0 Å². The zero-order valence-electron chi connectivity index (χ0n) is 13.7. The Balaban J connectivity index is 1.56. The maximum absolute atomic E-state index is 6.19. The van der Waals surface area contributed by atoms with Gasteiger partial charge in [-0.25, -0.2) is 4.99 Å². The van der Waals surface area contributed by atoms with Crippen LogP contribution in [0.15, 0.2) is 29.3 Å². The van der Waals surface area contributed by atoms with Crippen LogP contribution >= 0.6 is 0 Å². The molecule has 1 aromatic rings. The minimum Gasteiger partial charge on any atom is -0.494 e. The van der Waals surface area contributed by atoms with E-state index in [4.69, 9.17) is 15.5 Å². The maximum atomic E-state index is 6.19. The number of nitrogens with zero attached hydrogens (tertiary/aromatic N) is 2. The van der Waals surface area contributed by atoms with Crippen molar-refractivity contribution in [3.63, 3.8) is 0 Å². The van der Waals surface area contributed by atoms with E-state index in [1.54, 1.807) is 0 Å². The number of likely N-dealkylation sites (tertiary alicyclic amines) is 1. The first-order chi connectivity index (χ1) is 10.7. The van der Waals surface area contributed by atoms with Gasteiger partial charge in [-0.3, -0.25) is 0 Å². The average molecular weight is 301 g/mol. The summed E-state index contributed by atoms with van der Waals surface area (Å²) in [7, 11) is 0. The van der Waals surface area contributed by atoms with E-state index in [9.17, 15) is 0 Å². The highest BCUT2D eigenvalue weighted by molar-refractivity contribution is 5.78. The van der Waals surface area contributed by atoms with Crippen LogP contribution in [0.2, 0.25) is 0 Å². The Morgan fingerprint density at radius 2 is 1.95 bits per heavy atom. The lowest BCUT2D eigenvalue weighted by atomic mass is 10.00. The Morgan fingerprint density at radius 1 is 1.27 bits per heavy atom. The molecule has 2 N–H and O–H groups in total. The summed E-state index contributed by atoms with van der Waals surface area (Å²) in [6.07, 6.45) is 3.56. The molecule has 0 unspecified atom stereocenters. The van der Waals surface area contributed by atoms with Gasteiger partial charge in [-0.1, -0.05) is 19.1 Å². The lowest BCUT2D eigenvalue weighted by molar-refractivity contribution is 0.277. The highest BCUT2D eigenvalue weighted by atomic mass is 16.5. The van der Waals surface area contributed by atoms with Crippen LogP contribution in [0.25, 0.3) is 0 Å². The van der Waals surface area contributed by atoms with E-state index in [0.717, 1.165) is 37.1 Å². The SMILES string of the molecule is CCOc1ccc([C@@H]2C[C@H]2N=C(N)N2CCC(C)CC2)cc1. The van der Waals surface area contributed by atoms with Crippen LogP contribution in [0, 0.1) is 5.92 Å². The molecule has 3 rings (SSSR count). The number of nitrogens with two attached hydrogens (primary N) is 1. The molecule has 2 aliphatic rings. The van der Waals surface area contributed by atoms with E-state index in [-0.39, 0.29) is 0 Å². The van der Waals surface area contributed by atoms with Crippen molar-refractivity contribution in [2.24, 2.45) is 16.6 Å². The van der Waals surface area contributed by atoms with Crippen LogP contribution < -0.4 is 10.5 Å². The molecular formula is C18H27N3O. The fraction of sp³-hybridized carbons (Fsp3) is 0.611. The first kappa shape index (κ1) is 15.2. The minimum atomic E-state index is 0.359. The summed E-state index contributed by atoms with van der Waals surface area (Å²) in [5, 5.41) is 0.